The zero-order valence-corrected chi connectivity index (χ0v) is 16.1. The van der Waals surface area contributed by atoms with Crippen molar-refractivity contribution in [3.8, 4) is 0 Å². The van der Waals surface area contributed by atoms with Gasteiger partial charge >= 0.3 is 0 Å². The van der Waals surface area contributed by atoms with Gasteiger partial charge in [-0.15, -0.1) is 0 Å². The first-order chi connectivity index (χ1) is 13.6. The summed E-state index contributed by atoms with van der Waals surface area (Å²) in [6.07, 6.45) is 0.373. The highest BCUT2D eigenvalue weighted by molar-refractivity contribution is 6.30. The van der Waals surface area contributed by atoms with E-state index in [4.69, 9.17) is 21.7 Å². The van der Waals surface area contributed by atoms with Crippen molar-refractivity contribution in [1.82, 2.24) is 4.57 Å². The summed E-state index contributed by atoms with van der Waals surface area (Å²) in [6, 6.07) is 15.5. The number of hydrogen-bond acceptors (Lipinski definition) is 3. The molecule has 1 aliphatic heterocycles. The van der Waals surface area contributed by atoms with Crippen molar-refractivity contribution in [3.63, 3.8) is 0 Å². The highest BCUT2D eigenvalue weighted by Gasteiger charge is 2.28. The molecule has 2 aromatic carbocycles. The summed E-state index contributed by atoms with van der Waals surface area (Å²) in [5, 5.41) is 9.29. The van der Waals surface area contributed by atoms with Gasteiger partial charge in [0.25, 0.3) is 5.91 Å². The Morgan fingerprint density at radius 2 is 1.96 bits per heavy atom. The molecule has 0 fully saturated rings. The maximum Gasteiger partial charge on any atom is 0.297 e. The monoisotopic (exact) mass is 391 g/mol. The molecule has 0 bridgehead atoms. The van der Waals surface area contributed by atoms with Gasteiger partial charge < -0.3 is 9.30 Å². The Hall–Kier alpha value is -3.14. The lowest BCUT2D eigenvalue weighted by molar-refractivity contribution is 0.0991. The Morgan fingerprint density at radius 3 is 2.68 bits per heavy atom. The molecule has 0 aliphatic carbocycles. The average molecular weight is 392 g/mol. The first-order valence-corrected chi connectivity index (χ1v) is 9.39. The highest BCUT2D eigenvalue weighted by Crippen LogP contribution is 2.32. The number of nitrogens with zero attached hydrogens (tertiary/aromatic N) is 2. The van der Waals surface area contributed by atoms with Gasteiger partial charge in [-0.2, -0.15) is 4.99 Å². The Balaban J connectivity index is 1.93. The van der Waals surface area contributed by atoms with Gasteiger partial charge in [0.2, 0.25) is 5.90 Å². The molecule has 1 aliphatic rings. The minimum Gasteiger partial charge on any atom is -0.477 e. The van der Waals surface area contributed by atoms with E-state index in [1.54, 1.807) is 0 Å². The lowest BCUT2D eigenvalue weighted by atomic mass is 10.0. The van der Waals surface area contributed by atoms with E-state index in [2.05, 4.69) is 10.9 Å². The predicted octanol–water partition coefficient (Wildman–Crippen LogP) is 4.65. The van der Waals surface area contributed by atoms with Crippen LogP contribution in [0.25, 0.3) is 10.9 Å². The third-order valence-corrected chi connectivity index (χ3v) is 5.03. The van der Waals surface area contributed by atoms with Crippen LogP contribution in [-0.2, 0) is 17.7 Å². The van der Waals surface area contributed by atoms with Gasteiger partial charge in [-0.25, -0.2) is 0 Å². The topological polar surface area (TPSA) is 67.4 Å². The fourth-order valence-corrected chi connectivity index (χ4v) is 3.68. The smallest absolute Gasteiger partial charge is 0.297 e. The summed E-state index contributed by atoms with van der Waals surface area (Å²) < 4.78 is 7.49. The summed E-state index contributed by atoms with van der Waals surface area (Å²) in [7, 11) is 0. The maximum absolute atomic E-state index is 13.1. The standard InChI is InChI=1S/C22H18ClN3O2/c1-2-28-22-15(12-24)11-18-17-5-3-4-6-19(17)26(20(18)21(27)25-22)13-14-7-9-16(23)10-8-14/h3-10,24H,2,11,13H2,1H3. The number of ether oxygens (including phenoxy) is 1. The lowest BCUT2D eigenvalue weighted by Crippen LogP contribution is -2.12. The Labute approximate surface area is 167 Å². The van der Waals surface area contributed by atoms with Crippen LogP contribution in [0.4, 0.5) is 0 Å². The molecule has 1 N–H and O–H groups in total. The van der Waals surface area contributed by atoms with E-state index < -0.39 is 0 Å². The number of rotatable bonds is 3. The summed E-state index contributed by atoms with van der Waals surface area (Å²) in [5.74, 6) is 2.22. The number of amides is 1. The second-order valence-electron chi connectivity index (χ2n) is 6.49. The maximum atomic E-state index is 13.1. The zero-order valence-electron chi connectivity index (χ0n) is 15.3. The Bertz CT molecular complexity index is 1150. The SMILES string of the molecule is CCOC1=NC(=O)c2c(c3ccccc3n2Cc2ccc(Cl)cc2)CC1=C=N. The molecule has 0 saturated carbocycles. The fraction of sp³-hybridized carbons (Fsp3) is 0.182. The molecule has 3 aromatic rings. The third-order valence-electron chi connectivity index (χ3n) is 4.78. The minimum atomic E-state index is -0.367. The van der Waals surface area contributed by atoms with Gasteiger partial charge in [-0.3, -0.25) is 10.2 Å². The molecule has 6 heteroatoms. The van der Waals surface area contributed by atoms with E-state index in [9.17, 15) is 4.79 Å². The minimum absolute atomic E-state index is 0.181. The van der Waals surface area contributed by atoms with Crippen LogP contribution in [0.2, 0.25) is 5.02 Å². The lowest BCUT2D eigenvalue weighted by Gasteiger charge is -2.10. The molecule has 0 atom stereocenters. The molecule has 4 rings (SSSR count). The molecule has 5 nitrogen and oxygen atoms in total. The first-order valence-electron chi connectivity index (χ1n) is 9.01. The van der Waals surface area contributed by atoms with E-state index in [1.807, 2.05) is 60.0 Å². The van der Waals surface area contributed by atoms with Crippen LogP contribution in [0.15, 0.2) is 59.1 Å². The normalized spacial score (nSPS) is 13.7. The van der Waals surface area contributed by atoms with Crippen LogP contribution in [-0.4, -0.2) is 28.8 Å². The molecule has 0 radical (unpaired) electrons. The van der Waals surface area contributed by atoms with Crippen molar-refractivity contribution in [1.29, 1.82) is 5.41 Å². The molecule has 1 amide bonds. The van der Waals surface area contributed by atoms with Crippen molar-refractivity contribution < 1.29 is 9.53 Å². The highest BCUT2D eigenvalue weighted by atomic mass is 35.5. The number of hydrogen-bond donors (Lipinski definition) is 1. The van der Waals surface area contributed by atoms with E-state index in [1.165, 1.54) is 0 Å². The number of carbonyl (C=O) groups excluding carboxylic acids is 1. The molecule has 1 aromatic heterocycles. The number of carbonyl (C=O) groups is 1. The Kier molecular flexibility index (Phi) is 4.86. The number of aliphatic imine (C=N–C) groups is 1. The number of aromatic nitrogens is 1. The van der Waals surface area contributed by atoms with Gasteiger partial charge in [-0.1, -0.05) is 41.9 Å². The van der Waals surface area contributed by atoms with E-state index in [-0.39, 0.29) is 11.8 Å². The number of benzene rings is 2. The van der Waals surface area contributed by atoms with Gasteiger partial charge in [0.05, 0.1) is 12.2 Å². The molecular formula is C22H18ClN3O2. The first kappa shape index (κ1) is 18.2. The number of fused-ring (bicyclic) bond motifs is 3. The largest absolute Gasteiger partial charge is 0.477 e. The van der Waals surface area contributed by atoms with Crippen LogP contribution >= 0.6 is 11.6 Å². The van der Waals surface area contributed by atoms with Gasteiger partial charge in [-0.05, 0) is 42.1 Å². The summed E-state index contributed by atoms with van der Waals surface area (Å²) >= 11 is 6.01. The molecule has 0 unspecified atom stereocenters. The number of para-hydroxylation sites is 1. The van der Waals surface area contributed by atoms with Crippen LogP contribution in [0.1, 0.15) is 28.5 Å². The van der Waals surface area contributed by atoms with Crippen molar-refractivity contribution in [3.05, 3.63) is 75.9 Å². The third kappa shape index (κ3) is 3.15. The van der Waals surface area contributed by atoms with Crippen LogP contribution in [0.5, 0.6) is 0 Å². The van der Waals surface area contributed by atoms with E-state index >= 15 is 0 Å². The van der Waals surface area contributed by atoms with Crippen molar-refractivity contribution in [2.45, 2.75) is 19.9 Å². The van der Waals surface area contributed by atoms with Crippen molar-refractivity contribution >= 4 is 40.2 Å². The number of nitrogens with one attached hydrogen (secondary N) is 1. The number of halogens is 1. The summed E-state index contributed by atoms with van der Waals surface area (Å²) in [5.41, 5.74) is 3.83. The second kappa shape index (κ2) is 7.47. The molecule has 0 saturated heterocycles. The quantitative estimate of drug-likeness (QED) is 0.660. The van der Waals surface area contributed by atoms with E-state index in [0.717, 1.165) is 22.0 Å². The second-order valence-corrected chi connectivity index (χ2v) is 6.93. The molecular weight excluding hydrogens is 374 g/mol. The predicted molar refractivity (Wildman–Crippen MR) is 111 cm³/mol. The van der Waals surface area contributed by atoms with Gasteiger partial charge in [0.15, 0.2) is 0 Å². The molecule has 140 valence electrons. The molecule has 0 spiro atoms. The van der Waals surface area contributed by atoms with Crippen LogP contribution in [0, 0.1) is 5.41 Å². The van der Waals surface area contributed by atoms with Gasteiger partial charge in [0.1, 0.15) is 5.69 Å². The van der Waals surface area contributed by atoms with Gasteiger partial charge in [0, 0.05) is 28.9 Å². The van der Waals surface area contributed by atoms with Crippen LogP contribution in [0.3, 0.4) is 0 Å². The van der Waals surface area contributed by atoms with Crippen molar-refractivity contribution in [2.75, 3.05) is 6.61 Å². The fourth-order valence-electron chi connectivity index (χ4n) is 3.55. The molecule has 28 heavy (non-hydrogen) atoms. The summed E-state index contributed by atoms with van der Waals surface area (Å²) in [4.78, 5) is 17.2. The Morgan fingerprint density at radius 1 is 1.21 bits per heavy atom. The van der Waals surface area contributed by atoms with Crippen LogP contribution < -0.4 is 0 Å². The summed E-state index contributed by atoms with van der Waals surface area (Å²) in [6.45, 7) is 2.71. The van der Waals surface area contributed by atoms with Crippen molar-refractivity contribution in [2.24, 2.45) is 4.99 Å². The average Bonchev–Trinajstić information content (AvgIpc) is 2.92. The molecule has 2 heterocycles. The van der Waals surface area contributed by atoms with E-state index in [0.29, 0.717) is 35.9 Å². The zero-order chi connectivity index (χ0) is 19.7.